The van der Waals surface area contributed by atoms with Crippen molar-refractivity contribution >= 4 is 21.6 Å². The standard InChI is InChI=1S/C10H13BrN2O2/c1-14-4-2-13-3-5-15-10-9(13)6-8(11)7-12-10/h6-7H,2-5H2,1H3. The van der Waals surface area contributed by atoms with Crippen molar-refractivity contribution in [1.82, 2.24) is 4.98 Å². The summed E-state index contributed by atoms with van der Waals surface area (Å²) in [5, 5.41) is 0. The number of nitrogens with zero attached hydrogens (tertiary/aromatic N) is 2. The van der Waals surface area contributed by atoms with Crippen LogP contribution in [0.4, 0.5) is 5.69 Å². The van der Waals surface area contributed by atoms with Crippen molar-refractivity contribution in [3.8, 4) is 5.88 Å². The zero-order valence-electron chi connectivity index (χ0n) is 8.57. The molecule has 0 saturated heterocycles. The summed E-state index contributed by atoms with van der Waals surface area (Å²) >= 11 is 3.41. The number of hydrogen-bond donors (Lipinski definition) is 0. The minimum Gasteiger partial charge on any atom is -0.474 e. The topological polar surface area (TPSA) is 34.6 Å². The molecule has 1 aromatic heterocycles. The van der Waals surface area contributed by atoms with Gasteiger partial charge in [-0.1, -0.05) is 0 Å². The van der Waals surface area contributed by atoms with Crippen LogP contribution in [0.3, 0.4) is 0 Å². The third kappa shape index (κ3) is 2.41. The highest BCUT2D eigenvalue weighted by Gasteiger charge is 2.18. The number of rotatable bonds is 3. The molecule has 0 unspecified atom stereocenters. The van der Waals surface area contributed by atoms with E-state index in [0.29, 0.717) is 19.1 Å². The molecule has 0 atom stereocenters. The van der Waals surface area contributed by atoms with E-state index in [1.165, 1.54) is 0 Å². The first kappa shape index (κ1) is 10.7. The molecule has 0 fully saturated rings. The van der Waals surface area contributed by atoms with E-state index in [1.807, 2.05) is 6.07 Å². The second-order valence-electron chi connectivity index (χ2n) is 3.31. The van der Waals surface area contributed by atoms with Crippen molar-refractivity contribution in [2.24, 2.45) is 0 Å². The molecule has 0 amide bonds. The Balaban J connectivity index is 2.20. The van der Waals surface area contributed by atoms with Gasteiger partial charge in [-0.05, 0) is 22.0 Å². The molecule has 82 valence electrons. The number of fused-ring (bicyclic) bond motifs is 1. The third-order valence-corrected chi connectivity index (χ3v) is 2.74. The van der Waals surface area contributed by atoms with Crippen LogP contribution in [0.2, 0.25) is 0 Å². The van der Waals surface area contributed by atoms with Crippen LogP contribution in [0, 0.1) is 0 Å². The van der Waals surface area contributed by atoms with Crippen LogP contribution in [-0.4, -0.2) is 38.4 Å². The van der Waals surface area contributed by atoms with E-state index in [-0.39, 0.29) is 0 Å². The van der Waals surface area contributed by atoms with E-state index in [1.54, 1.807) is 13.3 Å². The van der Waals surface area contributed by atoms with Crippen molar-refractivity contribution in [2.75, 3.05) is 38.3 Å². The second kappa shape index (κ2) is 4.81. The van der Waals surface area contributed by atoms with Gasteiger partial charge in [0.05, 0.1) is 13.2 Å². The van der Waals surface area contributed by atoms with Gasteiger partial charge in [0.25, 0.3) is 0 Å². The summed E-state index contributed by atoms with van der Waals surface area (Å²) in [5.74, 6) is 0.709. The molecule has 0 bridgehead atoms. The van der Waals surface area contributed by atoms with Gasteiger partial charge in [0.1, 0.15) is 12.3 Å². The Morgan fingerprint density at radius 1 is 1.67 bits per heavy atom. The zero-order chi connectivity index (χ0) is 10.7. The molecule has 0 spiro atoms. The van der Waals surface area contributed by atoms with Crippen LogP contribution < -0.4 is 9.64 Å². The Morgan fingerprint density at radius 2 is 2.53 bits per heavy atom. The van der Waals surface area contributed by atoms with Gasteiger partial charge in [0, 0.05) is 24.3 Å². The van der Waals surface area contributed by atoms with Crippen LogP contribution >= 0.6 is 15.9 Å². The first-order chi connectivity index (χ1) is 7.31. The lowest BCUT2D eigenvalue weighted by Gasteiger charge is -2.30. The molecule has 0 aromatic carbocycles. The van der Waals surface area contributed by atoms with Gasteiger partial charge in [-0.25, -0.2) is 4.98 Å². The minimum atomic E-state index is 0.686. The molecular formula is C10H13BrN2O2. The van der Waals surface area contributed by atoms with Crippen molar-refractivity contribution in [2.45, 2.75) is 0 Å². The average molecular weight is 273 g/mol. The SMILES string of the molecule is COCCN1CCOc2ncc(Br)cc21. The Bertz CT molecular complexity index is 346. The lowest BCUT2D eigenvalue weighted by Crippen LogP contribution is -2.35. The molecular weight excluding hydrogens is 260 g/mol. The van der Waals surface area contributed by atoms with Gasteiger partial charge in [0.2, 0.25) is 5.88 Å². The van der Waals surface area contributed by atoms with E-state index in [0.717, 1.165) is 23.2 Å². The Kier molecular flexibility index (Phi) is 3.43. The zero-order valence-corrected chi connectivity index (χ0v) is 10.2. The monoisotopic (exact) mass is 272 g/mol. The summed E-state index contributed by atoms with van der Waals surface area (Å²) < 4.78 is 11.5. The van der Waals surface area contributed by atoms with Crippen molar-refractivity contribution in [3.05, 3.63) is 16.7 Å². The fourth-order valence-corrected chi connectivity index (χ4v) is 1.88. The number of halogens is 1. The highest BCUT2D eigenvalue weighted by Crippen LogP contribution is 2.31. The van der Waals surface area contributed by atoms with E-state index < -0.39 is 0 Å². The van der Waals surface area contributed by atoms with Crippen LogP contribution in [0.25, 0.3) is 0 Å². The predicted molar refractivity (Wildman–Crippen MR) is 61.5 cm³/mol. The number of methoxy groups -OCH3 is 1. The lowest BCUT2D eigenvalue weighted by atomic mass is 10.3. The lowest BCUT2D eigenvalue weighted by molar-refractivity contribution is 0.201. The molecule has 0 radical (unpaired) electrons. The van der Waals surface area contributed by atoms with Crippen LogP contribution in [0.15, 0.2) is 16.7 Å². The molecule has 4 nitrogen and oxygen atoms in total. The third-order valence-electron chi connectivity index (χ3n) is 2.30. The quantitative estimate of drug-likeness (QED) is 0.839. The van der Waals surface area contributed by atoms with E-state index in [4.69, 9.17) is 9.47 Å². The summed E-state index contributed by atoms with van der Waals surface area (Å²) in [5.41, 5.74) is 1.03. The summed E-state index contributed by atoms with van der Waals surface area (Å²) in [6, 6.07) is 2.02. The molecule has 15 heavy (non-hydrogen) atoms. The van der Waals surface area contributed by atoms with Gasteiger partial charge >= 0.3 is 0 Å². The van der Waals surface area contributed by atoms with Crippen LogP contribution in [-0.2, 0) is 4.74 Å². The number of anilines is 1. The maximum atomic E-state index is 5.47. The molecule has 1 aliphatic rings. The second-order valence-corrected chi connectivity index (χ2v) is 4.22. The molecule has 0 aliphatic carbocycles. The summed E-state index contributed by atoms with van der Waals surface area (Å²) in [6.07, 6.45) is 1.75. The average Bonchev–Trinajstić information content (AvgIpc) is 2.26. The van der Waals surface area contributed by atoms with Crippen molar-refractivity contribution in [1.29, 1.82) is 0 Å². The number of pyridine rings is 1. The first-order valence-electron chi connectivity index (χ1n) is 4.83. The van der Waals surface area contributed by atoms with Gasteiger partial charge in [-0.15, -0.1) is 0 Å². The van der Waals surface area contributed by atoms with E-state index in [9.17, 15) is 0 Å². The molecule has 0 saturated carbocycles. The van der Waals surface area contributed by atoms with Gasteiger partial charge in [-0.2, -0.15) is 0 Å². The molecule has 1 aliphatic heterocycles. The van der Waals surface area contributed by atoms with E-state index >= 15 is 0 Å². The van der Waals surface area contributed by atoms with Gasteiger partial charge in [0.15, 0.2) is 0 Å². The largest absolute Gasteiger partial charge is 0.474 e. The smallest absolute Gasteiger partial charge is 0.237 e. The van der Waals surface area contributed by atoms with Crippen LogP contribution in [0.5, 0.6) is 5.88 Å². The number of aromatic nitrogens is 1. The maximum absolute atomic E-state index is 5.47. The number of ether oxygens (including phenoxy) is 2. The molecule has 0 N–H and O–H groups in total. The van der Waals surface area contributed by atoms with Gasteiger partial charge in [-0.3, -0.25) is 0 Å². The molecule has 1 aromatic rings. The number of hydrogen-bond acceptors (Lipinski definition) is 4. The van der Waals surface area contributed by atoms with Crippen LogP contribution in [0.1, 0.15) is 0 Å². The Morgan fingerprint density at radius 3 is 3.33 bits per heavy atom. The van der Waals surface area contributed by atoms with Crippen molar-refractivity contribution < 1.29 is 9.47 Å². The fraction of sp³-hybridized carbons (Fsp3) is 0.500. The molecule has 2 rings (SSSR count). The Labute approximate surface area is 97.3 Å². The first-order valence-corrected chi connectivity index (χ1v) is 5.63. The molecule has 5 heteroatoms. The maximum Gasteiger partial charge on any atom is 0.237 e. The molecule has 2 heterocycles. The minimum absolute atomic E-state index is 0.686. The highest BCUT2D eigenvalue weighted by atomic mass is 79.9. The normalized spacial score (nSPS) is 14.7. The summed E-state index contributed by atoms with van der Waals surface area (Å²) in [7, 11) is 1.71. The Hall–Kier alpha value is -0.810. The predicted octanol–water partition coefficient (Wildman–Crippen LogP) is 1.69. The van der Waals surface area contributed by atoms with E-state index in [2.05, 4.69) is 25.8 Å². The fourth-order valence-electron chi connectivity index (χ4n) is 1.56. The van der Waals surface area contributed by atoms with Gasteiger partial charge < -0.3 is 14.4 Å². The summed E-state index contributed by atoms with van der Waals surface area (Å²) in [6.45, 7) is 3.15. The van der Waals surface area contributed by atoms with Crippen molar-refractivity contribution in [3.63, 3.8) is 0 Å². The highest BCUT2D eigenvalue weighted by molar-refractivity contribution is 9.10. The summed E-state index contributed by atoms with van der Waals surface area (Å²) in [4.78, 5) is 6.45.